The van der Waals surface area contributed by atoms with Crippen LogP contribution >= 0.6 is 0 Å². The van der Waals surface area contributed by atoms with Crippen molar-refractivity contribution >= 4 is 34.9 Å². The Balaban J connectivity index is 1.16. The number of fused-ring (bicyclic) bond motifs is 2. The zero-order valence-electron chi connectivity index (χ0n) is 23.4. The predicted octanol–water partition coefficient (Wildman–Crippen LogP) is 0.984. The molecule has 0 unspecified atom stereocenters. The lowest BCUT2D eigenvalue weighted by Crippen LogP contribution is -2.44. The fraction of sp³-hybridized carbons (Fsp3) is 0.200. The quantitative estimate of drug-likeness (QED) is 0.187. The van der Waals surface area contributed by atoms with E-state index in [0.717, 1.165) is 16.7 Å². The van der Waals surface area contributed by atoms with Crippen LogP contribution < -0.4 is 32.1 Å². The number of carboxylic acid groups (broad SMARTS) is 1. The molecular weight excluding hydrogens is 568 g/mol. The standard InChI is InChI=1S/C30H26N8O6/c1-15(17-4-6-19(7-5-17)29(43)44)35-28(42)22-11-21(36-30-33-14-34-38(22)30)27(41)32-12-16-2-3-18-8-9-37(13-20(18)10-16)24-23(31)25(39)26(24)40/h2-7,10-11,14-15H,8-9,12-13,31H2,1H3,(H,32,41)(H,35,42)(H,43,44)/t15-/m0/s1. The molecule has 1 aliphatic rings. The molecule has 2 amide bonds. The number of aromatic carboxylic acids is 1. The van der Waals surface area contributed by atoms with E-state index in [-0.39, 0.29) is 40.6 Å². The van der Waals surface area contributed by atoms with Gasteiger partial charge >= 0.3 is 5.97 Å². The van der Waals surface area contributed by atoms with Crippen LogP contribution in [0.5, 0.6) is 0 Å². The van der Waals surface area contributed by atoms with Gasteiger partial charge in [-0.3, -0.25) is 19.2 Å². The van der Waals surface area contributed by atoms with Crippen molar-refractivity contribution in [2.45, 2.75) is 32.5 Å². The molecule has 3 heterocycles. The molecule has 5 aromatic rings. The summed E-state index contributed by atoms with van der Waals surface area (Å²) in [5.74, 6) is -2.05. The Morgan fingerprint density at radius 3 is 2.52 bits per heavy atom. The third kappa shape index (κ3) is 5.12. The first-order valence-electron chi connectivity index (χ1n) is 13.7. The second-order valence-corrected chi connectivity index (χ2v) is 10.5. The lowest BCUT2D eigenvalue weighted by atomic mass is 9.96. The number of carboxylic acids is 1. The van der Waals surface area contributed by atoms with E-state index in [2.05, 4.69) is 25.7 Å². The van der Waals surface area contributed by atoms with Crippen molar-refractivity contribution in [2.24, 2.45) is 0 Å². The van der Waals surface area contributed by atoms with E-state index in [1.54, 1.807) is 24.0 Å². The van der Waals surface area contributed by atoms with Crippen LogP contribution in [0.1, 0.15) is 66.6 Å². The number of nitrogens with two attached hydrogens (primary N) is 1. The lowest BCUT2D eigenvalue weighted by molar-refractivity contribution is 0.0696. The zero-order chi connectivity index (χ0) is 31.1. The minimum Gasteiger partial charge on any atom is -0.478 e. The maximum Gasteiger partial charge on any atom is 0.335 e. The topological polar surface area (TPSA) is 202 Å². The number of aromatic nitrogens is 4. The normalized spacial score (nSPS) is 13.4. The number of nitrogens with one attached hydrogen (secondary N) is 2. The van der Waals surface area contributed by atoms with Crippen molar-refractivity contribution < 1.29 is 19.5 Å². The summed E-state index contributed by atoms with van der Waals surface area (Å²) in [6, 6.07) is 12.8. The SMILES string of the molecule is C[C@H](NC(=O)c1cc(C(=O)NCc2ccc3c(c2)CN(c2c(N)c(=O)c2=O)CC3)nc2ncnn12)c1ccc(C(=O)O)cc1. The summed E-state index contributed by atoms with van der Waals surface area (Å²) in [5.41, 5.74) is 8.50. The summed E-state index contributed by atoms with van der Waals surface area (Å²) >= 11 is 0. The molecule has 14 heteroatoms. The van der Waals surface area contributed by atoms with Crippen molar-refractivity contribution in [3.63, 3.8) is 0 Å². The van der Waals surface area contributed by atoms with Crippen LogP contribution in [-0.4, -0.2) is 49.0 Å². The number of carbonyl (C=O) groups is 3. The highest BCUT2D eigenvalue weighted by atomic mass is 16.4. The van der Waals surface area contributed by atoms with Crippen LogP contribution in [0.25, 0.3) is 5.78 Å². The van der Waals surface area contributed by atoms with Gasteiger partial charge in [0, 0.05) is 25.7 Å². The molecule has 6 rings (SSSR count). The first-order chi connectivity index (χ1) is 21.1. The number of hydrogen-bond acceptors (Lipinski definition) is 10. The number of rotatable bonds is 8. The molecule has 1 atom stereocenters. The van der Waals surface area contributed by atoms with Gasteiger partial charge in [0.25, 0.3) is 28.4 Å². The number of benzene rings is 2. The number of amides is 2. The van der Waals surface area contributed by atoms with Crippen LogP contribution in [0.4, 0.5) is 11.4 Å². The van der Waals surface area contributed by atoms with Crippen LogP contribution in [0.3, 0.4) is 0 Å². The molecule has 0 bridgehead atoms. The number of anilines is 2. The second-order valence-electron chi connectivity index (χ2n) is 10.5. The number of nitrogens with zero attached hydrogens (tertiary/aromatic N) is 5. The van der Waals surface area contributed by atoms with Gasteiger partial charge in [0.15, 0.2) is 0 Å². The van der Waals surface area contributed by atoms with Crippen molar-refractivity contribution in [3.05, 3.63) is 115 Å². The molecule has 0 saturated carbocycles. The molecule has 3 aromatic carbocycles. The molecule has 2 aromatic heterocycles. The molecular formula is C30H26N8O6. The van der Waals surface area contributed by atoms with Crippen molar-refractivity contribution in [1.82, 2.24) is 30.2 Å². The monoisotopic (exact) mass is 594 g/mol. The average Bonchev–Trinajstić information content (AvgIpc) is 3.51. The van der Waals surface area contributed by atoms with E-state index >= 15 is 0 Å². The Labute approximate surface area is 248 Å². The van der Waals surface area contributed by atoms with Crippen molar-refractivity contribution in [1.29, 1.82) is 0 Å². The highest BCUT2D eigenvalue weighted by molar-refractivity contribution is 5.98. The fourth-order valence-corrected chi connectivity index (χ4v) is 5.25. The fourth-order valence-electron chi connectivity index (χ4n) is 5.25. The van der Waals surface area contributed by atoms with Gasteiger partial charge in [0.1, 0.15) is 29.1 Å². The van der Waals surface area contributed by atoms with E-state index < -0.39 is 34.7 Å². The van der Waals surface area contributed by atoms with E-state index in [4.69, 9.17) is 10.8 Å². The van der Waals surface area contributed by atoms with Gasteiger partial charge in [-0.1, -0.05) is 30.3 Å². The highest BCUT2D eigenvalue weighted by Crippen LogP contribution is 2.26. The van der Waals surface area contributed by atoms with Gasteiger partial charge in [-0.25, -0.2) is 9.78 Å². The summed E-state index contributed by atoms with van der Waals surface area (Å²) in [4.78, 5) is 71.2. The first kappa shape index (κ1) is 28.2. The minimum absolute atomic E-state index is 0.00378. The Morgan fingerprint density at radius 1 is 1.02 bits per heavy atom. The average molecular weight is 595 g/mol. The number of nitrogen functional groups attached to an aromatic ring is 1. The smallest absolute Gasteiger partial charge is 0.335 e. The molecule has 0 saturated heterocycles. The molecule has 0 radical (unpaired) electrons. The summed E-state index contributed by atoms with van der Waals surface area (Å²) < 4.78 is 1.23. The van der Waals surface area contributed by atoms with Crippen LogP contribution in [0.2, 0.25) is 0 Å². The molecule has 222 valence electrons. The third-order valence-corrected chi connectivity index (χ3v) is 7.70. The van der Waals surface area contributed by atoms with Crippen molar-refractivity contribution in [2.75, 3.05) is 17.2 Å². The largest absolute Gasteiger partial charge is 0.478 e. The second kappa shape index (κ2) is 11.1. The molecule has 0 fully saturated rings. The van der Waals surface area contributed by atoms with Crippen LogP contribution in [-0.2, 0) is 19.5 Å². The summed E-state index contributed by atoms with van der Waals surface area (Å²) in [7, 11) is 0. The summed E-state index contributed by atoms with van der Waals surface area (Å²) in [6.45, 7) is 2.89. The summed E-state index contributed by atoms with van der Waals surface area (Å²) in [6.07, 6.45) is 1.90. The Kier molecular flexibility index (Phi) is 7.09. The van der Waals surface area contributed by atoms with Gasteiger partial charge in [0.05, 0.1) is 11.6 Å². The number of carbonyl (C=O) groups excluding carboxylic acids is 2. The Hall–Kier alpha value is -5.92. The lowest BCUT2D eigenvalue weighted by Gasteiger charge is -2.32. The van der Waals surface area contributed by atoms with E-state index in [1.807, 2.05) is 18.2 Å². The van der Waals surface area contributed by atoms with E-state index in [0.29, 0.717) is 25.1 Å². The van der Waals surface area contributed by atoms with E-state index in [9.17, 15) is 24.0 Å². The first-order valence-corrected chi connectivity index (χ1v) is 13.7. The van der Waals surface area contributed by atoms with Gasteiger partial charge < -0.3 is 26.4 Å². The minimum atomic E-state index is -1.05. The Morgan fingerprint density at radius 2 is 1.80 bits per heavy atom. The molecule has 0 spiro atoms. The Bertz CT molecular complexity index is 2030. The molecule has 44 heavy (non-hydrogen) atoms. The van der Waals surface area contributed by atoms with Gasteiger partial charge in [-0.2, -0.15) is 14.6 Å². The van der Waals surface area contributed by atoms with Gasteiger partial charge in [-0.15, -0.1) is 0 Å². The zero-order valence-corrected chi connectivity index (χ0v) is 23.4. The molecule has 1 aliphatic heterocycles. The third-order valence-electron chi connectivity index (χ3n) is 7.70. The van der Waals surface area contributed by atoms with Gasteiger partial charge in [-0.05, 0) is 47.7 Å². The van der Waals surface area contributed by atoms with Crippen molar-refractivity contribution in [3.8, 4) is 0 Å². The van der Waals surface area contributed by atoms with Gasteiger partial charge in [0.2, 0.25) is 0 Å². The predicted molar refractivity (Wildman–Crippen MR) is 158 cm³/mol. The highest BCUT2D eigenvalue weighted by Gasteiger charge is 2.27. The van der Waals surface area contributed by atoms with Crippen LogP contribution in [0, 0.1) is 0 Å². The molecule has 0 aliphatic carbocycles. The maximum absolute atomic E-state index is 13.3. The van der Waals surface area contributed by atoms with E-state index in [1.165, 1.54) is 29.0 Å². The van der Waals surface area contributed by atoms with Crippen LogP contribution in [0.15, 0.2) is 64.4 Å². The molecule has 5 N–H and O–H groups in total. The molecule has 14 nitrogen and oxygen atoms in total. The number of hydrogen-bond donors (Lipinski definition) is 4. The summed E-state index contributed by atoms with van der Waals surface area (Å²) in [5, 5.41) is 18.8. The maximum atomic E-state index is 13.3.